The Balaban J connectivity index is 2.32. The summed E-state index contributed by atoms with van der Waals surface area (Å²) >= 11 is 5.92. The summed E-state index contributed by atoms with van der Waals surface area (Å²) in [6.07, 6.45) is -0.560. The number of halogens is 1. The minimum Gasteiger partial charge on any atom is -0.478 e. The number of fused-ring (bicyclic) bond motifs is 1. The number of ether oxygens (including phenoxy) is 2. The van der Waals surface area contributed by atoms with E-state index in [4.69, 9.17) is 26.3 Å². The Labute approximate surface area is 110 Å². The van der Waals surface area contributed by atoms with Crippen LogP contribution in [0.3, 0.4) is 0 Å². The third kappa shape index (κ3) is 2.27. The van der Waals surface area contributed by atoms with Crippen LogP contribution in [-0.2, 0) is 9.53 Å². The third-order valence-electron chi connectivity index (χ3n) is 2.82. The van der Waals surface area contributed by atoms with Gasteiger partial charge in [-0.25, -0.2) is 4.79 Å². The summed E-state index contributed by atoms with van der Waals surface area (Å²) in [5.74, 6) is -0.162. The quantitative estimate of drug-likeness (QED) is 0.789. The van der Waals surface area contributed by atoms with E-state index in [2.05, 4.69) is 6.07 Å². The number of nitrogens with zero attached hydrogens (tertiary/aromatic N) is 1. The van der Waals surface area contributed by atoms with Gasteiger partial charge in [0.15, 0.2) is 0 Å². The Morgan fingerprint density at radius 1 is 1.61 bits per heavy atom. The minimum atomic E-state index is -0.752. The molecule has 1 heterocycles. The average molecular weight is 266 g/mol. The van der Waals surface area contributed by atoms with Gasteiger partial charge in [-0.05, 0) is 25.1 Å². The molecule has 0 spiro atoms. The molecule has 0 fully saturated rings. The van der Waals surface area contributed by atoms with Gasteiger partial charge in [-0.1, -0.05) is 11.6 Å². The second kappa shape index (κ2) is 5.28. The Morgan fingerprint density at radius 2 is 2.39 bits per heavy atom. The van der Waals surface area contributed by atoms with Crippen LogP contribution in [0.25, 0.3) is 0 Å². The first kappa shape index (κ1) is 12.7. The monoisotopic (exact) mass is 265 g/mol. The normalized spacial score (nSPS) is 20.7. The van der Waals surface area contributed by atoms with Crippen molar-refractivity contribution in [1.82, 2.24) is 0 Å². The number of esters is 1. The smallest absolute Gasteiger partial charge is 0.348 e. The molecule has 94 valence electrons. The third-order valence-corrected chi connectivity index (χ3v) is 3.06. The van der Waals surface area contributed by atoms with Crippen LogP contribution in [0.1, 0.15) is 24.8 Å². The van der Waals surface area contributed by atoms with E-state index in [1.165, 1.54) is 0 Å². The van der Waals surface area contributed by atoms with Gasteiger partial charge < -0.3 is 9.47 Å². The first-order valence-electron chi connectivity index (χ1n) is 5.67. The SMILES string of the molecule is CCOC(=O)C1Oc2ccc(Cl)cc2C1CC#N. The molecule has 1 aliphatic rings. The maximum absolute atomic E-state index is 11.8. The number of benzene rings is 1. The number of rotatable bonds is 3. The Morgan fingerprint density at radius 3 is 3.06 bits per heavy atom. The lowest BCUT2D eigenvalue weighted by Gasteiger charge is -2.14. The zero-order valence-electron chi connectivity index (χ0n) is 9.85. The largest absolute Gasteiger partial charge is 0.478 e. The molecule has 1 aromatic carbocycles. The van der Waals surface area contributed by atoms with Crippen LogP contribution >= 0.6 is 11.6 Å². The van der Waals surface area contributed by atoms with E-state index < -0.39 is 12.1 Å². The summed E-state index contributed by atoms with van der Waals surface area (Å²) < 4.78 is 10.5. The minimum absolute atomic E-state index is 0.191. The van der Waals surface area contributed by atoms with Crippen LogP contribution in [-0.4, -0.2) is 18.7 Å². The lowest BCUT2D eigenvalue weighted by Crippen LogP contribution is -2.31. The maximum Gasteiger partial charge on any atom is 0.348 e. The Hall–Kier alpha value is -1.73. The summed E-state index contributed by atoms with van der Waals surface area (Å²) in [5.41, 5.74) is 0.794. The van der Waals surface area contributed by atoms with Crippen molar-refractivity contribution < 1.29 is 14.3 Å². The number of nitriles is 1. The van der Waals surface area contributed by atoms with E-state index >= 15 is 0 Å². The summed E-state index contributed by atoms with van der Waals surface area (Å²) in [6.45, 7) is 2.02. The van der Waals surface area contributed by atoms with Gasteiger partial charge >= 0.3 is 5.97 Å². The van der Waals surface area contributed by atoms with Gasteiger partial charge in [0.05, 0.1) is 12.7 Å². The topological polar surface area (TPSA) is 59.3 Å². The predicted molar refractivity (Wildman–Crippen MR) is 65.5 cm³/mol. The van der Waals surface area contributed by atoms with Gasteiger partial charge in [0.2, 0.25) is 6.10 Å². The lowest BCUT2D eigenvalue weighted by atomic mass is 9.93. The number of hydrogen-bond donors (Lipinski definition) is 0. The van der Waals surface area contributed by atoms with Gasteiger partial charge in [0.25, 0.3) is 0 Å². The zero-order valence-corrected chi connectivity index (χ0v) is 10.6. The van der Waals surface area contributed by atoms with E-state index in [0.717, 1.165) is 5.56 Å². The van der Waals surface area contributed by atoms with Crippen molar-refractivity contribution in [2.75, 3.05) is 6.61 Å². The Kier molecular flexibility index (Phi) is 3.73. The number of carbonyl (C=O) groups excluding carboxylic acids is 1. The number of hydrogen-bond acceptors (Lipinski definition) is 4. The predicted octanol–water partition coefficient (Wildman–Crippen LogP) is 2.66. The van der Waals surface area contributed by atoms with Crippen molar-refractivity contribution in [3.05, 3.63) is 28.8 Å². The highest BCUT2D eigenvalue weighted by molar-refractivity contribution is 6.30. The molecule has 0 N–H and O–H groups in total. The van der Waals surface area contributed by atoms with E-state index in [-0.39, 0.29) is 18.9 Å². The molecular weight excluding hydrogens is 254 g/mol. The highest BCUT2D eigenvalue weighted by Crippen LogP contribution is 2.41. The Bertz CT molecular complexity index is 509. The summed E-state index contributed by atoms with van der Waals surface area (Å²) in [6, 6.07) is 7.20. The first-order valence-corrected chi connectivity index (χ1v) is 6.04. The summed E-state index contributed by atoms with van der Waals surface area (Å²) in [7, 11) is 0. The van der Waals surface area contributed by atoms with Gasteiger partial charge in [0.1, 0.15) is 5.75 Å². The van der Waals surface area contributed by atoms with Crippen LogP contribution in [0.2, 0.25) is 5.02 Å². The standard InChI is InChI=1S/C13H12ClNO3/c1-2-17-13(16)12-9(5-6-15)10-7-8(14)3-4-11(10)18-12/h3-4,7,9,12H,2,5H2,1H3. The van der Waals surface area contributed by atoms with E-state index in [9.17, 15) is 4.79 Å². The van der Waals surface area contributed by atoms with E-state index in [1.807, 2.05) is 0 Å². The molecule has 4 nitrogen and oxygen atoms in total. The van der Waals surface area contributed by atoms with Crippen LogP contribution in [0.15, 0.2) is 18.2 Å². The molecule has 0 aromatic heterocycles. The van der Waals surface area contributed by atoms with Gasteiger partial charge in [-0.2, -0.15) is 5.26 Å². The maximum atomic E-state index is 11.8. The molecule has 0 saturated heterocycles. The first-order chi connectivity index (χ1) is 8.67. The molecule has 0 aliphatic carbocycles. The molecule has 2 unspecified atom stereocenters. The van der Waals surface area contributed by atoms with E-state index in [0.29, 0.717) is 10.8 Å². The van der Waals surface area contributed by atoms with Gasteiger partial charge in [-0.15, -0.1) is 0 Å². The molecule has 1 aromatic rings. The van der Waals surface area contributed by atoms with Crippen molar-refractivity contribution >= 4 is 17.6 Å². The van der Waals surface area contributed by atoms with Crippen molar-refractivity contribution in [3.63, 3.8) is 0 Å². The molecule has 2 rings (SSSR count). The van der Waals surface area contributed by atoms with Crippen molar-refractivity contribution in [1.29, 1.82) is 5.26 Å². The zero-order chi connectivity index (χ0) is 13.1. The summed E-state index contributed by atoms with van der Waals surface area (Å²) in [5, 5.41) is 9.42. The fraction of sp³-hybridized carbons (Fsp3) is 0.385. The molecule has 18 heavy (non-hydrogen) atoms. The van der Waals surface area contributed by atoms with Crippen molar-refractivity contribution in [3.8, 4) is 11.8 Å². The fourth-order valence-corrected chi connectivity index (χ4v) is 2.23. The lowest BCUT2D eigenvalue weighted by molar-refractivity contribution is -0.151. The average Bonchev–Trinajstić information content (AvgIpc) is 2.69. The van der Waals surface area contributed by atoms with Crippen molar-refractivity contribution in [2.45, 2.75) is 25.4 Å². The van der Waals surface area contributed by atoms with Crippen LogP contribution in [0.5, 0.6) is 5.75 Å². The van der Waals surface area contributed by atoms with Crippen LogP contribution in [0, 0.1) is 11.3 Å². The molecule has 0 radical (unpaired) electrons. The molecule has 5 heteroatoms. The fourth-order valence-electron chi connectivity index (χ4n) is 2.05. The molecule has 1 aliphatic heterocycles. The second-order valence-electron chi connectivity index (χ2n) is 3.94. The second-order valence-corrected chi connectivity index (χ2v) is 4.38. The number of carbonyl (C=O) groups is 1. The molecule has 2 atom stereocenters. The summed E-state index contributed by atoms with van der Waals surface area (Å²) in [4.78, 5) is 11.8. The van der Waals surface area contributed by atoms with Gasteiger partial charge in [0, 0.05) is 22.9 Å². The highest BCUT2D eigenvalue weighted by Gasteiger charge is 2.40. The van der Waals surface area contributed by atoms with Gasteiger partial charge in [-0.3, -0.25) is 0 Å². The highest BCUT2D eigenvalue weighted by atomic mass is 35.5. The molecule has 0 amide bonds. The van der Waals surface area contributed by atoms with Crippen molar-refractivity contribution in [2.24, 2.45) is 0 Å². The molecule has 0 saturated carbocycles. The molecule has 0 bridgehead atoms. The molecular formula is C13H12ClNO3. The van der Waals surface area contributed by atoms with Crippen LogP contribution < -0.4 is 4.74 Å². The van der Waals surface area contributed by atoms with Crippen LogP contribution in [0.4, 0.5) is 0 Å². The van der Waals surface area contributed by atoms with E-state index in [1.54, 1.807) is 25.1 Å².